The van der Waals surface area contributed by atoms with E-state index in [1.54, 1.807) is 0 Å². The lowest BCUT2D eigenvalue weighted by Gasteiger charge is -2.36. The molecule has 0 aromatic carbocycles. The Balaban J connectivity index is 2.48. The van der Waals surface area contributed by atoms with E-state index in [9.17, 15) is 0 Å². The summed E-state index contributed by atoms with van der Waals surface area (Å²) in [5.41, 5.74) is 0. The van der Waals surface area contributed by atoms with Gasteiger partial charge in [-0.1, -0.05) is 13.3 Å². The lowest BCUT2D eigenvalue weighted by atomic mass is 10.2. The van der Waals surface area contributed by atoms with Gasteiger partial charge in [0, 0.05) is 52.4 Å². The van der Waals surface area contributed by atoms with Gasteiger partial charge in [-0.2, -0.15) is 0 Å². The minimum absolute atomic E-state index is 0.520. The highest BCUT2D eigenvalue weighted by atomic mass is 15.3. The van der Waals surface area contributed by atoms with Crippen LogP contribution in [0, 0.1) is 0 Å². The molecule has 1 unspecified atom stereocenters. The molecule has 0 radical (unpaired) electrons. The summed E-state index contributed by atoms with van der Waals surface area (Å²) in [5, 5.41) is 3.41. The Bertz CT molecular complexity index is 297. The second-order valence-electron chi connectivity index (χ2n) is 6.16. The largest absolute Gasteiger partial charge is 0.357 e. The van der Waals surface area contributed by atoms with Gasteiger partial charge in [-0.05, 0) is 27.3 Å². The van der Waals surface area contributed by atoms with Crippen LogP contribution in [0.2, 0.25) is 0 Å². The summed E-state index contributed by atoms with van der Waals surface area (Å²) in [7, 11) is 4.34. The molecular formula is C16H35N5. The molecule has 0 amide bonds. The van der Waals surface area contributed by atoms with Gasteiger partial charge < -0.3 is 15.1 Å². The molecule has 21 heavy (non-hydrogen) atoms. The number of hydrogen-bond donors (Lipinski definition) is 1. The Hall–Kier alpha value is -0.810. The maximum absolute atomic E-state index is 4.84. The molecule has 1 fully saturated rings. The predicted molar refractivity (Wildman–Crippen MR) is 92.0 cm³/mol. The fourth-order valence-electron chi connectivity index (χ4n) is 2.57. The Kier molecular flexibility index (Phi) is 8.69. The normalized spacial score (nSPS) is 19.6. The zero-order chi connectivity index (χ0) is 15.7. The molecular weight excluding hydrogens is 262 g/mol. The van der Waals surface area contributed by atoms with Crippen molar-refractivity contribution in [2.75, 3.05) is 59.9 Å². The molecule has 5 nitrogen and oxygen atoms in total. The second kappa shape index (κ2) is 10.0. The molecule has 1 aliphatic heterocycles. The van der Waals surface area contributed by atoms with Crippen LogP contribution in [0.5, 0.6) is 0 Å². The number of nitrogens with zero attached hydrogens (tertiary/aromatic N) is 4. The lowest BCUT2D eigenvalue weighted by molar-refractivity contribution is 0.122. The van der Waals surface area contributed by atoms with Crippen molar-refractivity contribution in [3.63, 3.8) is 0 Å². The van der Waals surface area contributed by atoms with E-state index in [0.717, 1.165) is 38.7 Å². The number of guanidine groups is 1. The van der Waals surface area contributed by atoms with Crippen LogP contribution in [0.4, 0.5) is 0 Å². The summed E-state index contributed by atoms with van der Waals surface area (Å²) < 4.78 is 0. The van der Waals surface area contributed by atoms with Crippen LogP contribution < -0.4 is 5.32 Å². The Morgan fingerprint density at radius 3 is 2.48 bits per heavy atom. The Morgan fingerprint density at radius 1 is 1.24 bits per heavy atom. The molecule has 1 rings (SSSR count). The van der Waals surface area contributed by atoms with Crippen molar-refractivity contribution >= 4 is 5.96 Å². The average molecular weight is 297 g/mol. The number of nitrogens with one attached hydrogen (secondary N) is 1. The number of unbranched alkanes of at least 4 members (excludes halogenated alkanes) is 1. The zero-order valence-corrected chi connectivity index (χ0v) is 14.7. The lowest BCUT2D eigenvalue weighted by Crippen LogP contribution is -2.49. The molecule has 0 bridgehead atoms. The fraction of sp³-hybridized carbons (Fsp3) is 0.938. The molecule has 1 N–H and O–H groups in total. The molecule has 124 valence electrons. The number of hydrogen-bond acceptors (Lipinski definition) is 3. The van der Waals surface area contributed by atoms with Gasteiger partial charge in [0.1, 0.15) is 0 Å². The third kappa shape index (κ3) is 6.66. The van der Waals surface area contributed by atoms with Crippen molar-refractivity contribution < 1.29 is 0 Å². The Labute approximate surface area is 131 Å². The van der Waals surface area contributed by atoms with Crippen LogP contribution >= 0.6 is 0 Å². The number of piperazine rings is 1. The minimum atomic E-state index is 0.520. The highest BCUT2D eigenvalue weighted by molar-refractivity contribution is 5.79. The van der Waals surface area contributed by atoms with Crippen molar-refractivity contribution in [2.24, 2.45) is 4.99 Å². The molecule has 1 aliphatic rings. The molecule has 5 heteroatoms. The van der Waals surface area contributed by atoms with Crippen LogP contribution in [-0.4, -0.2) is 86.6 Å². The molecule has 1 atom stereocenters. The summed E-state index contributed by atoms with van der Waals surface area (Å²) in [5.74, 6) is 1.05. The second-order valence-corrected chi connectivity index (χ2v) is 6.16. The fourth-order valence-corrected chi connectivity index (χ4v) is 2.57. The van der Waals surface area contributed by atoms with Gasteiger partial charge in [0.15, 0.2) is 5.96 Å². The SMILES string of the molecule is CCCCN(C)C(=NCC(C)N1CCN(C)CC1)NCC. The van der Waals surface area contributed by atoms with E-state index in [4.69, 9.17) is 4.99 Å². The first kappa shape index (κ1) is 18.2. The van der Waals surface area contributed by atoms with Crippen LogP contribution in [0.1, 0.15) is 33.6 Å². The number of likely N-dealkylation sites (N-methyl/N-ethyl adjacent to an activating group) is 1. The van der Waals surface area contributed by atoms with Crippen molar-refractivity contribution in [2.45, 2.75) is 39.7 Å². The molecule has 1 heterocycles. The monoisotopic (exact) mass is 297 g/mol. The predicted octanol–water partition coefficient (Wildman–Crippen LogP) is 1.32. The maximum Gasteiger partial charge on any atom is 0.193 e. The van der Waals surface area contributed by atoms with Gasteiger partial charge in [0.2, 0.25) is 0 Å². The highest BCUT2D eigenvalue weighted by Crippen LogP contribution is 2.05. The smallest absolute Gasteiger partial charge is 0.193 e. The first-order valence-electron chi connectivity index (χ1n) is 8.50. The van der Waals surface area contributed by atoms with Crippen molar-refractivity contribution in [1.29, 1.82) is 0 Å². The van der Waals surface area contributed by atoms with E-state index in [-0.39, 0.29) is 0 Å². The number of rotatable bonds is 7. The first-order chi connectivity index (χ1) is 10.1. The molecule has 0 aromatic rings. The van der Waals surface area contributed by atoms with E-state index in [1.807, 2.05) is 0 Å². The van der Waals surface area contributed by atoms with E-state index in [0.29, 0.717) is 6.04 Å². The molecule has 0 aliphatic carbocycles. The minimum Gasteiger partial charge on any atom is -0.357 e. The van der Waals surface area contributed by atoms with Crippen LogP contribution in [-0.2, 0) is 0 Å². The van der Waals surface area contributed by atoms with Gasteiger partial charge in [-0.25, -0.2) is 0 Å². The van der Waals surface area contributed by atoms with Gasteiger partial charge in [-0.3, -0.25) is 9.89 Å². The van der Waals surface area contributed by atoms with E-state index < -0.39 is 0 Å². The third-order valence-corrected chi connectivity index (χ3v) is 4.21. The van der Waals surface area contributed by atoms with Gasteiger partial charge in [0.05, 0.1) is 6.54 Å². The summed E-state index contributed by atoms with van der Waals surface area (Å²) >= 11 is 0. The van der Waals surface area contributed by atoms with Crippen molar-refractivity contribution in [3.05, 3.63) is 0 Å². The first-order valence-corrected chi connectivity index (χ1v) is 8.50. The average Bonchev–Trinajstić information content (AvgIpc) is 2.49. The number of aliphatic imine (C=N–C) groups is 1. The molecule has 0 aromatic heterocycles. The summed E-state index contributed by atoms with van der Waals surface area (Å²) in [6, 6.07) is 0.520. The van der Waals surface area contributed by atoms with Crippen molar-refractivity contribution in [1.82, 2.24) is 20.0 Å². The third-order valence-electron chi connectivity index (χ3n) is 4.21. The van der Waals surface area contributed by atoms with E-state index in [2.05, 4.69) is 54.9 Å². The molecule has 0 spiro atoms. The van der Waals surface area contributed by atoms with Crippen molar-refractivity contribution in [3.8, 4) is 0 Å². The quantitative estimate of drug-likeness (QED) is 0.568. The van der Waals surface area contributed by atoms with Gasteiger partial charge in [0.25, 0.3) is 0 Å². The standard InChI is InChI=1S/C16H35N5/c1-6-8-9-20(5)16(17-7-2)18-14-15(3)21-12-10-19(4)11-13-21/h15H,6-14H2,1-5H3,(H,17,18). The van der Waals surface area contributed by atoms with Crippen LogP contribution in [0.15, 0.2) is 4.99 Å². The molecule has 1 saturated heterocycles. The van der Waals surface area contributed by atoms with Gasteiger partial charge in [-0.15, -0.1) is 0 Å². The maximum atomic E-state index is 4.84. The van der Waals surface area contributed by atoms with Crippen LogP contribution in [0.3, 0.4) is 0 Å². The zero-order valence-electron chi connectivity index (χ0n) is 14.7. The highest BCUT2D eigenvalue weighted by Gasteiger charge is 2.19. The van der Waals surface area contributed by atoms with E-state index >= 15 is 0 Å². The Morgan fingerprint density at radius 2 is 1.90 bits per heavy atom. The van der Waals surface area contributed by atoms with E-state index in [1.165, 1.54) is 25.9 Å². The topological polar surface area (TPSA) is 34.1 Å². The summed E-state index contributed by atoms with van der Waals surface area (Å²) in [4.78, 5) is 12.0. The van der Waals surface area contributed by atoms with Crippen LogP contribution in [0.25, 0.3) is 0 Å². The summed E-state index contributed by atoms with van der Waals surface area (Å²) in [6.07, 6.45) is 2.44. The summed E-state index contributed by atoms with van der Waals surface area (Å²) in [6.45, 7) is 14.2. The molecule has 0 saturated carbocycles. The van der Waals surface area contributed by atoms with Gasteiger partial charge >= 0.3 is 0 Å².